The molecule has 0 saturated heterocycles. The molecule has 0 aromatic rings. The van der Waals surface area contributed by atoms with Crippen molar-refractivity contribution in [2.45, 2.75) is 0 Å². The summed E-state index contributed by atoms with van der Waals surface area (Å²) in [5.74, 6) is 0. The Kier molecular flexibility index (Phi) is 6520. The Morgan fingerprint density at radius 3 is 0.167 bits per heavy atom. The van der Waals surface area contributed by atoms with Gasteiger partial charge in [0.05, 0.1) is 0 Å². The Morgan fingerprint density at radius 2 is 0.167 bits per heavy atom. The van der Waals surface area contributed by atoms with Crippen LogP contribution in [-0.2, 0) is 115 Å². The van der Waals surface area contributed by atoms with Crippen LogP contribution in [0.25, 0.3) is 0 Å². The second-order valence-electron chi connectivity index (χ2n) is 0. The first kappa shape index (κ1) is 189. The summed E-state index contributed by atoms with van der Waals surface area (Å²) in [6.07, 6.45) is 0. The van der Waals surface area contributed by atoms with Crippen molar-refractivity contribution in [2.75, 3.05) is 0 Å². The smallest absolute Gasteiger partial charge is 0.106 e. The first-order valence-corrected chi connectivity index (χ1v) is 4.06. The van der Waals surface area contributed by atoms with E-state index in [0.29, 0.717) is 0 Å². The zero-order valence-corrected chi connectivity index (χ0v) is 19.6. The molecule has 19 heteroatoms. The van der Waals surface area contributed by atoms with Crippen molar-refractivity contribution in [3.63, 3.8) is 0 Å². The third-order valence-corrected chi connectivity index (χ3v) is 0. The summed E-state index contributed by atoms with van der Waals surface area (Å²) in [6, 6.07) is 0. The van der Waals surface area contributed by atoms with Gasteiger partial charge in [-0.1, -0.05) is 0 Å². The Morgan fingerprint density at radius 1 is 0.167 bits per heavy atom. The summed E-state index contributed by atoms with van der Waals surface area (Å²) in [5.41, 5.74) is 0. The molecule has 0 bridgehead atoms. The van der Waals surface area contributed by atoms with Crippen molar-refractivity contribution in [3.8, 4) is 0 Å². The van der Waals surface area contributed by atoms with E-state index in [-0.39, 0.29) is 33.6 Å². The van der Waals surface area contributed by atoms with Crippen LogP contribution in [0.3, 0.4) is 0 Å². The van der Waals surface area contributed by atoms with Gasteiger partial charge in [-0.2, -0.15) is 0 Å². The van der Waals surface area contributed by atoms with Crippen LogP contribution >= 0.6 is 0 Å². The summed E-state index contributed by atoms with van der Waals surface area (Å²) >= 11 is 0. The third kappa shape index (κ3) is 1120. The summed E-state index contributed by atoms with van der Waals surface area (Å²) in [7, 11) is 0. The zero-order chi connectivity index (χ0) is 34.0. The zero-order valence-electron chi connectivity index (χ0n) is 17.6. The molecule has 0 atom stereocenters. The van der Waals surface area contributed by atoms with Crippen molar-refractivity contribution in [3.05, 3.63) is 0 Å². The van der Waals surface area contributed by atoms with Gasteiger partial charge in [-0.05, 0) is 0 Å². The minimum absolute atomic E-state index is 0. The van der Waals surface area contributed by atoms with E-state index in [4.69, 9.17) is 81.5 Å². The quantitative estimate of drug-likeness (QED) is 0.184. The van der Waals surface area contributed by atoms with Crippen LogP contribution in [0.5, 0.6) is 0 Å². The van der Waals surface area contributed by atoms with Crippen LogP contribution in [0.4, 0.5) is 0 Å². The van der Waals surface area contributed by atoms with Gasteiger partial charge in [0.2, 0.25) is 0 Å². The molecule has 222 valence electrons. The van der Waals surface area contributed by atoms with Crippen LogP contribution in [0.2, 0.25) is 0 Å². The Balaban J connectivity index is -0.00000000500. The van der Waals surface area contributed by atoms with Crippen LogP contribution in [0.1, 0.15) is 0 Å². The molecule has 0 amide bonds. The molecular weight excluding hydrogens is 594 g/mol. The molecule has 0 rings (SSSR count). The molecule has 0 fully saturated rings. The van der Waals surface area contributed by atoms with E-state index in [1.165, 1.54) is 0 Å². The molecule has 0 saturated carbocycles. The fourth-order valence-corrected chi connectivity index (χ4v) is 0. The summed E-state index contributed by atoms with van der Waals surface area (Å²) < 4.78 is 0. The normalized spacial score (nSPS) is 1.89. The van der Waals surface area contributed by atoms with E-state index in [2.05, 4.69) is 109 Å². The maximum atomic E-state index is 8.00. The molecule has 36 heavy (non-hydrogen) atoms. The maximum Gasteiger partial charge on any atom is 0.106 e. The van der Waals surface area contributed by atoms with E-state index < -0.39 is 0 Å². The molecule has 2 radical (unpaired) electrons. The number of hydrogen-bond donors (Lipinski definition) is 0. The average Bonchev–Trinajstić information content (AvgIpc) is 3.09. The molecule has 0 aromatic heterocycles. The van der Waals surface area contributed by atoms with Crippen LogP contribution in [-0.4, -0.2) is 115 Å². The predicted octanol–water partition coefficient (Wildman–Crippen LogP) is -4.58. The fraction of sp³-hybridized carbons (Fsp3) is 0. The van der Waals surface area contributed by atoms with Gasteiger partial charge in [-0.3, -0.25) is 109 Å². The molecule has 0 unspecified atom stereocenters. The predicted molar refractivity (Wildman–Crippen MR) is 115 cm³/mol. The van der Waals surface area contributed by atoms with Gasteiger partial charge in [0.1, 0.15) is 6.79 Å². The van der Waals surface area contributed by atoms with Gasteiger partial charge in [0, 0.05) is 33.6 Å². The van der Waals surface area contributed by atoms with Crippen LogP contribution < -0.4 is 0 Å². The second-order valence-corrected chi connectivity index (χ2v) is 0. The Labute approximate surface area is 230 Å². The largest absolute Gasteiger partial charge is 0.545 e. The van der Waals surface area contributed by atoms with Gasteiger partial charge >= 0.3 is 0 Å². The first-order valence-electron chi connectivity index (χ1n) is 4.06. The van der Waals surface area contributed by atoms with Crippen molar-refractivity contribution >= 4 is 115 Å². The third-order valence-electron chi connectivity index (χ3n) is 0. The molecule has 0 N–H and O–H groups in total. The number of hydrogen-bond acceptors (Lipinski definition) is 17. The monoisotopic (exact) mass is 612 g/mol. The van der Waals surface area contributed by atoms with Crippen molar-refractivity contribution < 1.29 is 115 Å². The maximum absolute atomic E-state index is 8.00. The molecule has 0 spiro atoms. The van der Waals surface area contributed by atoms with E-state index in [1.807, 2.05) is 6.79 Å². The van der Waals surface area contributed by atoms with Crippen LogP contribution in [0, 0.1) is 0 Å². The Bertz CT molecular complexity index is 115. The van der Waals surface area contributed by atoms with Crippen molar-refractivity contribution in [1.82, 2.24) is 0 Å². The minimum atomic E-state index is 0. The van der Waals surface area contributed by atoms with E-state index in [1.54, 1.807) is 0 Å². The number of rotatable bonds is 0. The number of carbonyl (C=O) groups is 1. The molecular formula is C17H18Co2O17-16. The standard InChI is InChI=1S/CH2O.16CHO.2Co/c17*1-2;;/h1H2;16*1H;;/q;16*-1;;. The topological polar surface area (TPSA) is 290 Å². The average molecular weight is 612 g/mol. The van der Waals surface area contributed by atoms with E-state index in [0.717, 1.165) is 0 Å². The SMILES string of the molecule is C=O.[CH-]=O.[CH-]=O.[CH-]=O.[CH-]=O.[CH-]=O.[CH-]=O.[CH-]=O.[CH-]=O.[CH-]=O.[CH-]=O.[CH-]=O.[CH-]=O.[CH-]=O.[CH-]=O.[CH-]=O.[CH-]=O.[Co].[Co]. The number of carbonyl (C=O) groups excluding carboxylic acids is 17. The minimum Gasteiger partial charge on any atom is -0.545 e. The molecule has 0 heterocycles. The molecule has 0 aliphatic rings. The van der Waals surface area contributed by atoms with Gasteiger partial charge in [-0.25, -0.2) is 0 Å². The molecule has 17 nitrogen and oxygen atoms in total. The van der Waals surface area contributed by atoms with Gasteiger partial charge < -0.3 is 81.5 Å². The van der Waals surface area contributed by atoms with Gasteiger partial charge in [-0.15, -0.1) is 0 Å². The van der Waals surface area contributed by atoms with Gasteiger partial charge in [0.15, 0.2) is 0 Å². The van der Waals surface area contributed by atoms with Crippen molar-refractivity contribution in [2.24, 2.45) is 0 Å². The van der Waals surface area contributed by atoms with Crippen molar-refractivity contribution in [1.29, 1.82) is 0 Å². The van der Waals surface area contributed by atoms with E-state index >= 15 is 0 Å². The summed E-state index contributed by atoms with van der Waals surface area (Å²) in [6.45, 7) is 54.0. The summed E-state index contributed by atoms with van der Waals surface area (Å²) in [4.78, 5) is 132. The Hall–Kier alpha value is -4.60. The molecule has 0 aromatic carbocycles. The fourth-order valence-electron chi connectivity index (χ4n) is 0. The summed E-state index contributed by atoms with van der Waals surface area (Å²) in [5, 5.41) is 0. The second kappa shape index (κ2) is 1240. The van der Waals surface area contributed by atoms with Crippen LogP contribution in [0.15, 0.2) is 0 Å². The van der Waals surface area contributed by atoms with Gasteiger partial charge in [0.25, 0.3) is 0 Å². The molecule has 0 aliphatic carbocycles. The van der Waals surface area contributed by atoms with E-state index in [9.17, 15) is 0 Å². The first-order chi connectivity index (χ1) is 17.0. The molecule has 0 aliphatic heterocycles.